The van der Waals surface area contributed by atoms with Crippen LogP contribution < -0.4 is 5.32 Å². The van der Waals surface area contributed by atoms with Crippen LogP contribution in [0.3, 0.4) is 0 Å². The molecule has 0 spiro atoms. The van der Waals surface area contributed by atoms with E-state index >= 15 is 0 Å². The van der Waals surface area contributed by atoms with Gasteiger partial charge in [0.25, 0.3) is 0 Å². The van der Waals surface area contributed by atoms with Gasteiger partial charge < -0.3 is 5.32 Å². The van der Waals surface area contributed by atoms with Crippen molar-refractivity contribution in [1.82, 2.24) is 10.3 Å². The average molecular weight is 272 g/mol. The van der Waals surface area contributed by atoms with E-state index in [4.69, 9.17) is 0 Å². The monoisotopic (exact) mass is 272 g/mol. The number of aryl methyl sites for hydroxylation is 1. The molecule has 0 aromatic carbocycles. The van der Waals surface area contributed by atoms with Gasteiger partial charge in [0.2, 0.25) is 0 Å². The largest absolute Gasteiger partial charge is 0.309 e. The third-order valence-electron chi connectivity index (χ3n) is 3.87. The van der Waals surface area contributed by atoms with Crippen molar-refractivity contribution < 1.29 is 0 Å². The Morgan fingerprint density at radius 1 is 1.42 bits per heavy atom. The van der Waals surface area contributed by atoms with Gasteiger partial charge in [0.05, 0.1) is 0 Å². The molecule has 2 nitrogen and oxygen atoms in total. The SMILES string of the molecule is CCCNC(c1cccs1)C1CCc2cccnc21. The Bertz CT molecular complexity index is 521. The van der Waals surface area contributed by atoms with E-state index in [9.17, 15) is 0 Å². The Balaban J connectivity index is 1.89. The van der Waals surface area contributed by atoms with E-state index in [1.807, 2.05) is 17.5 Å². The standard InChI is InChI=1S/C16H20N2S/c1-2-9-17-16(14-6-4-11-19-14)13-8-7-12-5-3-10-18-15(12)13/h3-6,10-11,13,16-17H,2,7-9H2,1H3. The fourth-order valence-corrected chi connectivity index (χ4v) is 3.84. The number of aromatic nitrogens is 1. The predicted octanol–water partition coefficient (Wildman–Crippen LogP) is 3.91. The van der Waals surface area contributed by atoms with Crippen LogP contribution in [0.2, 0.25) is 0 Å². The van der Waals surface area contributed by atoms with Crippen molar-refractivity contribution in [2.75, 3.05) is 6.54 Å². The predicted molar refractivity (Wildman–Crippen MR) is 80.7 cm³/mol. The molecule has 19 heavy (non-hydrogen) atoms. The van der Waals surface area contributed by atoms with Gasteiger partial charge >= 0.3 is 0 Å². The molecule has 1 N–H and O–H groups in total. The summed E-state index contributed by atoms with van der Waals surface area (Å²) in [5.74, 6) is 0.529. The van der Waals surface area contributed by atoms with Crippen molar-refractivity contribution in [2.24, 2.45) is 0 Å². The Morgan fingerprint density at radius 3 is 3.16 bits per heavy atom. The van der Waals surface area contributed by atoms with Crippen LogP contribution in [0.25, 0.3) is 0 Å². The van der Waals surface area contributed by atoms with Gasteiger partial charge in [0.15, 0.2) is 0 Å². The second-order valence-electron chi connectivity index (χ2n) is 5.14. The summed E-state index contributed by atoms with van der Waals surface area (Å²) < 4.78 is 0. The molecule has 0 amide bonds. The average Bonchev–Trinajstić information content (AvgIpc) is 3.09. The van der Waals surface area contributed by atoms with Crippen molar-refractivity contribution in [2.45, 2.75) is 38.1 Å². The van der Waals surface area contributed by atoms with Crippen LogP contribution in [0.4, 0.5) is 0 Å². The van der Waals surface area contributed by atoms with Crippen molar-refractivity contribution >= 4 is 11.3 Å². The molecule has 2 unspecified atom stereocenters. The highest BCUT2D eigenvalue weighted by atomic mass is 32.1. The van der Waals surface area contributed by atoms with E-state index in [-0.39, 0.29) is 0 Å². The molecular formula is C16H20N2S. The smallest absolute Gasteiger partial charge is 0.0499 e. The van der Waals surface area contributed by atoms with Crippen LogP contribution in [0.5, 0.6) is 0 Å². The lowest BCUT2D eigenvalue weighted by Crippen LogP contribution is -2.26. The maximum Gasteiger partial charge on any atom is 0.0499 e. The number of thiophene rings is 1. The third kappa shape index (κ3) is 2.58. The number of nitrogens with zero attached hydrogens (tertiary/aromatic N) is 1. The highest BCUT2D eigenvalue weighted by Gasteiger charge is 2.31. The van der Waals surface area contributed by atoms with Crippen LogP contribution in [-0.2, 0) is 6.42 Å². The fraction of sp³-hybridized carbons (Fsp3) is 0.438. The van der Waals surface area contributed by atoms with E-state index in [0.717, 1.165) is 6.54 Å². The Labute approximate surface area is 118 Å². The summed E-state index contributed by atoms with van der Waals surface area (Å²) in [5, 5.41) is 5.90. The Kier molecular flexibility index (Phi) is 3.95. The van der Waals surface area contributed by atoms with E-state index in [2.05, 4.69) is 46.9 Å². The molecule has 0 aliphatic heterocycles. The molecule has 0 radical (unpaired) electrons. The number of nitrogens with one attached hydrogen (secondary N) is 1. The maximum absolute atomic E-state index is 4.64. The summed E-state index contributed by atoms with van der Waals surface area (Å²) >= 11 is 1.85. The number of hydrogen-bond acceptors (Lipinski definition) is 3. The number of pyridine rings is 1. The first-order valence-corrected chi connectivity index (χ1v) is 7.98. The van der Waals surface area contributed by atoms with Crippen molar-refractivity contribution in [3.05, 3.63) is 52.0 Å². The molecular weight excluding hydrogens is 252 g/mol. The van der Waals surface area contributed by atoms with Gasteiger partial charge in [-0.1, -0.05) is 19.1 Å². The number of fused-ring (bicyclic) bond motifs is 1. The van der Waals surface area contributed by atoms with Gasteiger partial charge in [-0.05, 0) is 48.9 Å². The van der Waals surface area contributed by atoms with Crippen LogP contribution >= 0.6 is 11.3 Å². The molecule has 3 heteroatoms. The van der Waals surface area contributed by atoms with E-state index < -0.39 is 0 Å². The summed E-state index contributed by atoms with van der Waals surface area (Å²) in [4.78, 5) is 6.09. The molecule has 0 fully saturated rings. The second kappa shape index (κ2) is 5.85. The Hall–Kier alpha value is -1.19. The second-order valence-corrected chi connectivity index (χ2v) is 6.12. The summed E-state index contributed by atoms with van der Waals surface area (Å²) in [7, 11) is 0. The van der Waals surface area contributed by atoms with Gasteiger partial charge in [-0.3, -0.25) is 4.98 Å². The summed E-state index contributed by atoms with van der Waals surface area (Å²) in [6.45, 7) is 3.29. The number of rotatable bonds is 5. The van der Waals surface area contributed by atoms with Gasteiger partial charge in [0, 0.05) is 28.7 Å². The van der Waals surface area contributed by atoms with Crippen LogP contribution in [0.15, 0.2) is 35.8 Å². The molecule has 1 aliphatic rings. The number of hydrogen-bond donors (Lipinski definition) is 1. The molecule has 2 atom stereocenters. The first kappa shape index (κ1) is 12.8. The lowest BCUT2D eigenvalue weighted by atomic mass is 9.95. The molecule has 100 valence electrons. The van der Waals surface area contributed by atoms with E-state index in [0.29, 0.717) is 12.0 Å². The minimum atomic E-state index is 0.427. The lowest BCUT2D eigenvalue weighted by Gasteiger charge is -2.24. The van der Waals surface area contributed by atoms with Gasteiger partial charge in [0.1, 0.15) is 0 Å². The first-order chi connectivity index (χ1) is 9.40. The van der Waals surface area contributed by atoms with Crippen molar-refractivity contribution in [3.63, 3.8) is 0 Å². The molecule has 2 aromatic rings. The highest BCUT2D eigenvalue weighted by molar-refractivity contribution is 7.10. The summed E-state index contributed by atoms with van der Waals surface area (Å²) in [6, 6.07) is 9.11. The molecule has 0 saturated carbocycles. The fourth-order valence-electron chi connectivity index (χ4n) is 2.98. The molecule has 2 aromatic heterocycles. The third-order valence-corrected chi connectivity index (χ3v) is 4.82. The topological polar surface area (TPSA) is 24.9 Å². The highest BCUT2D eigenvalue weighted by Crippen LogP contribution is 2.41. The minimum absolute atomic E-state index is 0.427. The molecule has 0 bridgehead atoms. The molecule has 0 saturated heterocycles. The zero-order valence-corrected chi connectivity index (χ0v) is 12.1. The Morgan fingerprint density at radius 2 is 2.37 bits per heavy atom. The molecule has 3 rings (SSSR count). The normalized spacial score (nSPS) is 19.3. The van der Waals surface area contributed by atoms with Gasteiger partial charge in [-0.25, -0.2) is 0 Å². The quantitative estimate of drug-likeness (QED) is 0.892. The van der Waals surface area contributed by atoms with Gasteiger partial charge in [-0.15, -0.1) is 11.3 Å². The van der Waals surface area contributed by atoms with E-state index in [1.54, 1.807) is 0 Å². The van der Waals surface area contributed by atoms with Crippen molar-refractivity contribution in [3.8, 4) is 0 Å². The summed E-state index contributed by atoms with van der Waals surface area (Å²) in [6.07, 6.45) is 5.49. The van der Waals surface area contributed by atoms with Crippen LogP contribution in [0.1, 0.15) is 47.9 Å². The maximum atomic E-state index is 4.64. The van der Waals surface area contributed by atoms with Crippen molar-refractivity contribution in [1.29, 1.82) is 0 Å². The molecule has 2 heterocycles. The van der Waals surface area contributed by atoms with Crippen LogP contribution in [-0.4, -0.2) is 11.5 Å². The zero-order chi connectivity index (χ0) is 13.1. The molecule has 1 aliphatic carbocycles. The van der Waals surface area contributed by atoms with Gasteiger partial charge in [-0.2, -0.15) is 0 Å². The summed E-state index contributed by atoms with van der Waals surface area (Å²) in [5.41, 5.74) is 2.75. The lowest BCUT2D eigenvalue weighted by molar-refractivity contribution is 0.443. The zero-order valence-electron chi connectivity index (χ0n) is 11.3. The van der Waals surface area contributed by atoms with E-state index in [1.165, 1.54) is 35.4 Å². The van der Waals surface area contributed by atoms with Crippen LogP contribution in [0, 0.1) is 0 Å². The first-order valence-electron chi connectivity index (χ1n) is 7.10. The minimum Gasteiger partial charge on any atom is -0.309 e.